The Bertz CT molecular complexity index is 444. The van der Waals surface area contributed by atoms with Crippen LogP contribution in [0.2, 0.25) is 0 Å². The van der Waals surface area contributed by atoms with Gasteiger partial charge in [-0.2, -0.15) is 5.10 Å². The number of H-pyrrole nitrogens is 1. The lowest BCUT2D eigenvalue weighted by Crippen LogP contribution is -2.08. The number of fused-ring (bicyclic) bond motifs is 1. The summed E-state index contributed by atoms with van der Waals surface area (Å²) in [5.41, 5.74) is -0.0741. The van der Waals surface area contributed by atoms with Crippen molar-refractivity contribution in [2.24, 2.45) is 0 Å². The molecule has 0 aliphatic heterocycles. The van der Waals surface area contributed by atoms with Gasteiger partial charge in [-0.15, -0.1) is 0 Å². The van der Waals surface area contributed by atoms with Crippen molar-refractivity contribution in [1.29, 1.82) is 0 Å². The second-order valence-corrected chi connectivity index (χ2v) is 2.10. The van der Waals surface area contributed by atoms with Crippen LogP contribution in [-0.2, 0) is 0 Å². The van der Waals surface area contributed by atoms with Gasteiger partial charge in [0.25, 0.3) is 0 Å². The van der Waals surface area contributed by atoms with E-state index in [2.05, 4.69) is 10.2 Å². The summed E-state index contributed by atoms with van der Waals surface area (Å²) in [5, 5.41) is 5.76. The van der Waals surface area contributed by atoms with Crippen LogP contribution in [0.3, 0.4) is 0 Å². The first kappa shape index (κ1) is 6.09. The van der Waals surface area contributed by atoms with Gasteiger partial charge in [0, 0.05) is 12.3 Å². The highest BCUT2D eigenvalue weighted by molar-refractivity contribution is 5.35. The Kier molecular flexibility index (Phi) is 1.06. The van der Waals surface area contributed by atoms with Crippen molar-refractivity contribution in [3.63, 3.8) is 0 Å². The Labute approximate surface area is 60.3 Å². The van der Waals surface area contributed by atoms with Crippen LogP contribution in [-0.4, -0.2) is 14.6 Å². The maximum atomic E-state index is 12.5. The molecule has 0 unspecified atom stereocenters. The molecule has 2 heterocycles. The minimum Gasteiger partial charge on any atom is -0.250 e. The molecular formula is C6H4FN3O. The van der Waals surface area contributed by atoms with Gasteiger partial charge in [0.2, 0.25) is 0 Å². The molecule has 0 amide bonds. The predicted molar refractivity (Wildman–Crippen MR) is 35.8 cm³/mol. The second-order valence-electron chi connectivity index (χ2n) is 2.10. The molecule has 0 aliphatic rings. The smallest absolute Gasteiger partial charge is 0.250 e. The molecule has 56 valence electrons. The summed E-state index contributed by atoms with van der Waals surface area (Å²) >= 11 is 0. The molecule has 1 N–H and O–H groups in total. The SMILES string of the molecule is O=c1[nH]nc2cc(F)ccn12. The molecule has 0 bridgehead atoms. The highest BCUT2D eigenvalue weighted by Gasteiger charge is 1.98. The lowest BCUT2D eigenvalue weighted by Gasteiger charge is -1.87. The van der Waals surface area contributed by atoms with E-state index in [1.807, 2.05) is 0 Å². The lowest BCUT2D eigenvalue weighted by atomic mass is 10.4. The Morgan fingerprint density at radius 3 is 3.27 bits per heavy atom. The Morgan fingerprint density at radius 2 is 2.45 bits per heavy atom. The normalized spacial score (nSPS) is 10.6. The standard InChI is InChI=1S/C6H4FN3O/c7-4-1-2-10-5(3-4)8-9-6(10)11/h1-3H,(H,9,11). The molecule has 0 spiro atoms. The zero-order valence-electron chi connectivity index (χ0n) is 5.41. The number of rotatable bonds is 0. The van der Waals surface area contributed by atoms with Gasteiger partial charge < -0.3 is 0 Å². The molecule has 11 heavy (non-hydrogen) atoms. The molecule has 0 radical (unpaired) electrons. The van der Waals surface area contributed by atoms with Gasteiger partial charge in [-0.3, -0.25) is 4.40 Å². The molecule has 0 fully saturated rings. The Morgan fingerprint density at radius 1 is 1.64 bits per heavy atom. The largest absolute Gasteiger partial charge is 0.347 e. The molecule has 4 nitrogen and oxygen atoms in total. The van der Waals surface area contributed by atoms with Gasteiger partial charge in [0.05, 0.1) is 0 Å². The summed E-state index contributed by atoms with van der Waals surface area (Å²) in [6.45, 7) is 0. The van der Waals surface area contributed by atoms with Crippen molar-refractivity contribution < 1.29 is 4.39 Å². The number of nitrogens with zero attached hydrogens (tertiary/aromatic N) is 2. The van der Waals surface area contributed by atoms with Gasteiger partial charge in [-0.25, -0.2) is 14.3 Å². The van der Waals surface area contributed by atoms with Crippen LogP contribution in [0.4, 0.5) is 4.39 Å². The molecule has 2 rings (SSSR count). The molecule has 0 saturated carbocycles. The molecule has 0 aliphatic carbocycles. The summed E-state index contributed by atoms with van der Waals surface area (Å²) < 4.78 is 13.7. The average Bonchev–Trinajstić information content (AvgIpc) is 2.32. The van der Waals surface area contributed by atoms with Crippen LogP contribution < -0.4 is 5.69 Å². The highest BCUT2D eigenvalue weighted by atomic mass is 19.1. The van der Waals surface area contributed by atoms with Crippen molar-refractivity contribution in [3.05, 3.63) is 34.6 Å². The second kappa shape index (κ2) is 1.91. The van der Waals surface area contributed by atoms with Crippen LogP contribution in [0, 0.1) is 5.82 Å². The van der Waals surface area contributed by atoms with Crippen molar-refractivity contribution in [3.8, 4) is 0 Å². The number of hydrogen-bond donors (Lipinski definition) is 1. The van der Waals surface area contributed by atoms with E-state index in [0.717, 1.165) is 0 Å². The lowest BCUT2D eigenvalue weighted by molar-refractivity contribution is 0.626. The minimum atomic E-state index is -0.406. The zero-order chi connectivity index (χ0) is 7.84. The van der Waals surface area contributed by atoms with Crippen LogP contribution >= 0.6 is 0 Å². The van der Waals surface area contributed by atoms with E-state index in [9.17, 15) is 9.18 Å². The van der Waals surface area contributed by atoms with E-state index >= 15 is 0 Å². The number of halogens is 1. The maximum absolute atomic E-state index is 12.5. The number of nitrogens with one attached hydrogen (secondary N) is 1. The van der Waals surface area contributed by atoms with Gasteiger partial charge in [0.1, 0.15) is 5.82 Å². The van der Waals surface area contributed by atoms with E-state index in [0.29, 0.717) is 0 Å². The van der Waals surface area contributed by atoms with Crippen LogP contribution in [0.25, 0.3) is 5.65 Å². The van der Waals surface area contributed by atoms with Crippen molar-refractivity contribution in [2.45, 2.75) is 0 Å². The molecule has 0 saturated heterocycles. The Balaban J connectivity index is 2.97. The third kappa shape index (κ3) is 0.813. The monoisotopic (exact) mass is 153 g/mol. The van der Waals surface area contributed by atoms with Crippen molar-refractivity contribution in [2.75, 3.05) is 0 Å². The molecule has 0 aromatic carbocycles. The fraction of sp³-hybridized carbons (Fsp3) is 0. The van der Waals surface area contributed by atoms with Gasteiger partial charge in [-0.1, -0.05) is 0 Å². The van der Waals surface area contributed by atoms with E-state index in [1.54, 1.807) is 0 Å². The molecule has 0 atom stereocenters. The first-order valence-corrected chi connectivity index (χ1v) is 3.00. The third-order valence-corrected chi connectivity index (χ3v) is 1.38. The quantitative estimate of drug-likeness (QED) is 0.586. The molecular weight excluding hydrogens is 149 g/mol. The van der Waals surface area contributed by atoms with E-state index < -0.39 is 5.82 Å². The average molecular weight is 153 g/mol. The summed E-state index contributed by atoms with van der Waals surface area (Å²) in [4.78, 5) is 10.8. The third-order valence-electron chi connectivity index (χ3n) is 1.38. The number of aromatic nitrogens is 3. The van der Waals surface area contributed by atoms with E-state index in [-0.39, 0.29) is 11.3 Å². The molecule has 5 heteroatoms. The first-order valence-electron chi connectivity index (χ1n) is 3.00. The van der Waals surface area contributed by atoms with Crippen LogP contribution in [0.15, 0.2) is 23.1 Å². The van der Waals surface area contributed by atoms with Gasteiger partial charge in [0.15, 0.2) is 5.65 Å². The molecule has 2 aromatic rings. The summed E-state index contributed by atoms with van der Waals surface area (Å²) in [6, 6.07) is 2.38. The van der Waals surface area contributed by atoms with E-state index in [4.69, 9.17) is 0 Å². The number of pyridine rings is 1. The number of aromatic amines is 1. The zero-order valence-corrected chi connectivity index (χ0v) is 5.41. The van der Waals surface area contributed by atoms with Crippen molar-refractivity contribution >= 4 is 5.65 Å². The highest BCUT2D eigenvalue weighted by Crippen LogP contribution is 1.98. The number of hydrogen-bond acceptors (Lipinski definition) is 2. The van der Waals surface area contributed by atoms with Gasteiger partial charge in [-0.05, 0) is 6.07 Å². The van der Waals surface area contributed by atoms with Crippen LogP contribution in [0.5, 0.6) is 0 Å². The van der Waals surface area contributed by atoms with E-state index in [1.165, 1.54) is 22.7 Å². The topological polar surface area (TPSA) is 50.2 Å². The minimum absolute atomic E-state index is 0.287. The Hall–Kier alpha value is -1.65. The molecule has 2 aromatic heterocycles. The predicted octanol–water partition coefficient (Wildman–Crippen LogP) is 0.162. The summed E-state index contributed by atoms with van der Waals surface area (Å²) in [6.07, 6.45) is 1.33. The fourth-order valence-corrected chi connectivity index (χ4v) is 0.880. The fourth-order valence-electron chi connectivity index (χ4n) is 0.880. The maximum Gasteiger partial charge on any atom is 0.347 e. The summed E-state index contributed by atoms with van der Waals surface area (Å²) in [5.74, 6) is -0.406. The summed E-state index contributed by atoms with van der Waals surface area (Å²) in [7, 11) is 0. The first-order chi connectivity index (χ1) is 5.27. The van der Waals surface area contributed by atoms with Crippen LogP contribution in [0.1, 0.15) is 0 Å². The van der Waals surface area contributed by atoms with Crippen molar-refractivity contribution in [1.82, 2.24) is 14.6 Å². The van der Waals surface area contributed by atoms with Gasteiger partial charge >= 0.3 is 5.69 Å².